The molecule has 8 heteroatoms. The van der Waals surface area contributed by atoms with Gasteiger partial charge in [-0.2, -0.15) is 0 Å². The number of nitrogens with zero attached hydrogens (tertiary/aromatic N) is 2. The monoisotopic (exact) mass is 548 g/mol. The summed E-state index contributed by atoms with van der Waals surface area (Å²) in [6.07, 6.45) is 0.291. The van der Waals surface area contributed by atoms with Crippen molar-refractivity contribution in [1.82, 2.24) is 4.57 Å². The number of aromatic nitrogens is 1. The van der Waals surface area contributed by atoms with Crippen molar-refractivity contribution in [2.24, 2.45) is 16.0 Å². The first-order valence-electron chi connectivity index (χ1n) is 13.7. The minimum Gasteiger partial charge on any atom is -0.466 e. The smallest absolute Gasteiger partial charge is 0.340 e. The summed E-state index contributed by atoms with van der Waals surface area (Å²) in [5.41, 5.74) is 1.85. The summed E-state index contributed by atoms with van der Waals surface area (Å²) in [6.45, 7) is 15.8. The Balaban J connectivity index is 2.07. The third kappa shape index (κ3) is 7.23. The van der Waals surface area contributed by atoms with Crippen LogP contribution < -0.4 is 0 Å². The lowest BCUT2D eigenvalue weighted by atomic mass is 9.87. The molecule has 1 heterocycles. The summed E-state index contributed by atoms with van der Waals surface area (Å²) in [7, 11) is 0. The summed E-state index contributed by atoms with van der Waals surface area (Å²) in [5, 5.41) is 5.59. The van der Waals surface area contributed by atoms with Crippen LogP contribution in [0.5, 0.6) is 0 Å². The zero-order valence-corrected chi connectivity index (χ0v) is 24.8. The molecular weight excluding hydrogens is 508 g/mol. The second-order valence-corrected chi connectivity index (χ2v) is 12.2. The Morgan fingerprint density at radius 3 is 1.93 bits per heavy atom. The van der Waals surface area contributed by atoms with Crippen LogP contribution in [0.2, 0.25) is 0 Å². The number of rotatable bonds is 10. The Kier molecular flexibility index (Phi) is 9.33. The van der Waals surface area contributed by atoms with Crippen molar-refractivity contribution >= 4 is 51.0 Å². The molecule has 1 aromatic heterocycles. The zero-order valence-electron chi connectivity index (χ0n) is 24.8. The lowest BCUT2D eigenvalue weighted by Gasteiger charge is -2.16. The first kappa shape index (κ1) is 30.7. The van der Waals surface area contributed by atoms with Crippen LogP contribution in [0.1, 0.15) is 95.4 Å². The van der Waals surface area contributed by atoms with Crippen molar-refractivity contribution in [3.05, 3.63) is 47.5 Å². The molecule has 0 radical (unpaired) electrons. The second-order valence-electron chi connectivity index (χ2n) is 12.2. The van der Waals surface area contributed by atoms with Gasteiger partial charge >= 0.3 is 11.9 Å². The van der Waals surface area contributed by atoms with E-state index in [2.05, 4.69) is 9.72 Å². The van der Waals surface area contributed by atoms with Gasteiger partial charge in [0.1, 0.15) is 5.71 Å². The van der Waals surface area contributed by atoms with E-state index in [1.807, 2.05) is 52.0 Å². The van der Waals surface area contributed by atoms with Gasteiger partial charge in [-0.25, -0.2) is 4.79 Å². The summed E-state index contributed by atoms with van der Waals surface area (Å²) in [4.78, 5) is 56.1. The highest BCUT2D eigenvalue weighted by Crippen LogP contribution is 2.32. The lowest BCUT2D eigenvalue weighted by molar-refractivity contribution is -0.152. The Morgan fingerprint density at radius 1 is 0.825 bits per heavy atom. The van der Waals surface area contributed by atoms with Crippen LogP contribution in [0.4, 0.5) is 0 Å². The van der Waals surface area contributed by atoms with Gasteiger partial charge in [0.15, 0.2) is 5.78 Å². The van der Waals surface area contributed by atoms with E-state index in [0.29, 0.717) is 24.1 Å². The predicted molar refractivity (Wildman–Crippen MR) is 157 cm³/mol. The van der Waals surface area contributed by atoms with E-state index in [1.54, 1.807) is 39.8 Å². The fraction of sp³-hybridized carbons (Fsp3) is 0.469. The van der Waals surface area contributed by atoms with E-state index < -0.39 is 23.1 Å². The summed E-state index contributed by atoms with van der Waals surface area (Å²) < 4.78 is 7.13. The molecule has 0 aliphatic carbocycles. The van der Waals surface area contributed by atoms with E-state index in [-0.39, 0.29) is 36.4 Å². The number of fused-ring (bicyclic) bond motifs is 3. The molecule has 0 atom stereocenters. The minimum atomic E-state index is -0.818. The molecule has 214 valence electrons. The highest BCUT2D eigenvalue weighted by molar-refractivity contribution is 6.46. The van der Waals surface area contributed by atoms with Crippen molar-refractivity contribution in [3.8, 4) is 0 Å². The molecule has 3 aromatic rings. The number of benzene rings is 2. The molecule has 0 bridgehead atoms. The largest absolute Gasteiger partial charge is 0.466 e. The minimum absolute atomic E-state index is 0.0463. The first-order valence-corrected chi connectivity index (χ1v) is 13.7. The molecule has 40 heavy (non-hydrogen) atoms. The number of aryl methyl sites for hydroxylation is 1. The van der Waals surface area contributed by atoms with Crippen LogP contribution in [-0.4, -0.2) is 40.4 Å². The lowest BCUT2D eigenvalue weighted by Crippen LogP contribution is -2.23. The quantitative estimate of drug-likeness (QED) is 0.0897. The number of hydrogen-bond donors (Lipinski definition) is 0. The molecule has 0 fully saturated rings. The number of oxime groups is 1. The molecule has 0 spiro atoms. The van der Waals surface area contributed by atoms with E-state index in [0.717, 1.165) is 21.8 Å². The van der Waals surface area contributed by atoms with Crippen molar-refractivity contribution in [2.75, 3.05) is 6.61 Å². The van der Waals surface area contributed by atoms with Gasteiger partial charge in [-0.1, -0.05) is 25.9 Å². The number of ketones is 2. The van der Waals surface area contributed by atoms with Crippen molar-refractivity contribution in [1.29, 1.82) is 0 Å². The molecule has 0 saturated heterocycles. The number of carbonyl (C=O) groups is 4. The molecule has 2 aromatic carbocycles. The Labute approximate surface area is 235 Å². The van der Waals surface area contributed by atoms with Gasteiger partial charge in [0.2, 0.25) is 5.78 Å². The van der Waals surface area contributed by atoms with Crippen molar-refractivity contribution in [2.45, 2.75) is 81.2 Å². The van der Waals surface area contributed by atoms with Crippen LogP contribution in [0, 0.1) is 10.8 Å². The number of carbonyl (C=O) groups excluding carboxylic acids is 4. The molecule has 0 aliphatic heterocycles. The fourth-order valence-corrected chi connectivity index (χ4v) is 4.40. The average Bonchev–Trinajstić information content (AvgIpc) is 3.19. The molecule has 0 unspecified atom stereocenters. The molecule has 0 aliphatic rings. The standard InChI is InChI=1S/C32H40N2O6/c1-9-34-25-14-11-20(27(35)19-31(3,4)5)17-22(25)23-18-21(12-15-26(23)34)29(37)24(13-16-28(36)39-10-2)33-40-30(38)32(6,7)8/h11-12,14-15,17-18H,9-10,13,16,19H2,1-8H3/b33-24-. The molecule has 8 nitrogen and oxygen atoms in total. The normalized spacial score (nSPS) is 12.6. The summed E-state index contributed by atoms with van der Waals surface area (Å²) >= 11 is 0. The van der Waals surface area contributed by atoms with Gasteiger partial charge in [0.25, 0.3) is 0 Å². The SMILES string of the molecule is CCOC(=O)CC/C(=N/OC(=O)C(C)(C)C)C(=O)c1ccc2c(c1)c1cc(C(=O)CC(C)(C)C)ccc1n2CC. The van der Waals surface area contributed by atoms with Gasteiger partial charge in [-0.05, 0) is 76.4 Å². The number of esters is 1. The predicted octanol–water partition coefficient (Wildman–Crippen LogP) is 6.90. The van der Waals surface area contributed by atoms with E-state index >= 15 is 0 Å². The Hall–Kier alpha value is -3.81. The first-order chi connectivity index (χ1) is 18.7. The third-order valence-electron chi connectivity index (χ3n) is 6.44. The molecular formula is C32H40N2O6. The zero-order chi connectivity index (χ0) is 29.8. The van der Waals surface area contributed by atoms with Crippen LogP contribution in [0.3, 0.4) is 0 Å². The molecule has 0 saturated carbocycles. The Bertz CT molecular complexity index is 1480. The summed E-state index contributed by atoms with van der Waals surface area (Å²) in [6, 6.07) is 11.0. The van der Waals surface area contributed by atoms with Crippen LogP contribution in [0.25, 0.3) is 21.8 Å². The van der Waals surface area contributed by atoms with Crippen LogP contribution in [-0.2, 0) is 25.7 Å². The highest BCUT2D eigenvalue weighted by Gasteiger charge is 2.26. The van der Waals surface area contributed by atoms with Gasteiger partial charge in [-0.15, -0.1) is 0 Å². The van der Waals surface area contributed by atoms with Gasteiger partial charge < -0.3 is 14.1 Å². The van der Waals surface area contributed by atoms with Crippen LogP contribution >= 0.6 is 0 Å². The van der Waals surface area contributed by atoms with Gasteiger partial charge in [-0.3, -0.25) is 14.4 Å². The van der Waals surface area contributed by atoms with E-state index in [9.17, 15) is 19.2 Å². The molecule has 0 N–H and O–H groups in total. The summed E-state index contributed by atoms with van der Waals surface area (Å²) in [5.74, 6) is -1.46. The number of ether oxygens (including phenoxy) is 1. The van der Waals surface area contributed by atoms with E-state index in [1.165, 1.54) is 0 Å². The maximum atomic E-state index is 13.6. The van der Waals surface area contributed by atoms with Crippen LogP contribution in [0.15, 0.2) is 41.6 Å². The van der Waals surface area contributed by atoms with Gasteiger partial charge in [0.05, 0.1) is 18.4 Å². The average molecular weight is 549 g/mol. The Morgan fingerprint density at radius 2 is 1.40 bits per heavy atom. The molecule has 0 amide bonds. The maximum absolute atomic E-state index is 13.6. The van der Waals surface area contributed by atoms with Gasteiger partial charge in [0, 0.05) is 52.3 Å². The highest BCUT2D eigenvalue weighted by atomic mass is 16.7. The maximum Gasteiger partial charge on any atom is 0.340 e. The number of hydrogen-bond acceptors (Lipinski definition) is 7. The van der Waals surface area contributed by atoms with E-state index in [4.69, 9.17) is 9.57 Å². The van der Waals surface area contributed by atoms with Crippen molar-refractivity contribution in [3.63, 3.8) is 0 Å². The third-order valence-corrected chi connectivity index (χ3v) is 6.44. The fourth-order valence-electron chi connectivity index (χ4n) is 4.40. The number of Topliss-reactive ketones (excluding diaryl/α,β-unsaturated/α-hetero) is 2. The molecule has 3 rings (SSSR count). The second kappa shape index (κ2) is 12.1. The topological polar surface area (TPSA) is 104 Å². The van der Waals surface area contributed by atoms with Crippen molar-refractivity contribution < 1.29 is 28.8 Å².